The minimum absolute atomic E-state index is 0.00750. The molecule has 2 aromatic rings. The first-order valence-electron chi connectivity index (χ1n) is 11.5. The molecule has 2 aliphatic heterocycles. The van der Waals surface area contributed by atoms with Gasteiger partial charge in [-0.15, -0.1) is 0 Å². The molecule has 0 radical (unpaired) electrons. The third kappa shape index (κ3) is 4.90. The number of piperazine rings is 1. The van der Waals surface area contributed by atoms with Crippen molar-refractivity contribution in [3.8, 4) is 0 Å². The van der Waals surface area contributed by atoms with Crippen LogP contribution < -0.4 is 0 Å². The Labute approximate surface area is 191 Å². The molecule has 172 valence electrons. The maximum atomic E-state index is 13.3. The average Bonchev–Trinajstić information content (AvgIpc) is 2.80. The molecule has 0 N–H and O–H groups in total. The summed E-state index contributed by atoms with van der Waals surface area (Å²) in [4.78, 5) is 17.7. The maximum Gasteiger partial charge on any atom is 0.254 e. The second-order valence-electron chi connectivity index (χ2n) is 8.99. The molecule has 2 aromatic carbocycles. The number of carbonyl (C=O) groups excluding carboxylic acids is 1. The second-order valence-corrected chi connectivity index (χ2v) is 10.9. The van der Waals surface area contributed by atoms with Gasteiger partial charge in [0.1, 0.15) is 0 Å². The fourth-order valence-electron chi connectivity index (χ4n) is 4.68. The van der Waals surface area contributed by atoms with Gasteiger partial charge in [0, 0.05) is 50.9 Å². The molecule has 6 nitrogen and oxygen atoms in total. The van der Waals surface area contributed by atoms with E-state index in [0.29, 0.717) is 25.2 Å². The number of carbonyl (C=O) groups is 1. The van der Waals surface area contributed by atoms with Crippen molar-refractivity contribution in [1.29, 1.82) is 0 Å². The first-order chi connectivity index (χ1) is 15.4. The van der Waals surface area contributed by atoms with Crippen LogP contribution in [0.5, 0.6) is 0 Å². The van der Waals surface area contributed by atoms with Crippen molar-refractivity contribution in [2.45, 2.75) is 50.6 Å². The highest BCUT2D eigenvalue weighted by Crippen LogP contribution is 2.27. The Bertz CT molecular complexity index is 1050. The van der Waals surface area contributed by atoms with Gasteiger partial charge < -0.3 is 4.90 Å². The number of hydrogen-bond acceptors (Lipinski definition) is 4. The summed E-state index contributed by atoms with van der Waals surface area (Å²) in [6.07, 6.45) is 2.82. The van der Waals surface area contributed by atoms with E-state index >= 15 is 0 Å². The first kappa shape index (κ1) is 23.0. The Kier molecular flexibility index (Phi) is 6.98. The third-order valence-corrected chi connectivity index (χ3v) is 8.71. The summed E-state index contributed by atoms with van der Waals surface area (Å²) in [7, 11) is -3.60. The number of hydrogen-bond donors (Lipinski definition) is 0. The zero-order valence-corrected chi connectivity index (χ0v) is 19.9. The third-order valence-electron chi connectivity index (χ3n) is 6.70. The minimum atomic E-state index is -3.60. The summed E-state index contributed by atoms with van der Waals surface area (Å²) >= 11 is 0. The van der Waals surface area contributed by atoms with Crippen LogP contribution in [-0.4, -0.2) is 67.2 Å². The lowest BCUT2D eigenvalue weighted by Crippen LogP contribution is -2.48. The number of benzene rings is 2. The van der Waals surface area contributed by atoms with Crippen LogP contribution in [0.2, 0.25) is 0 Å². The highest BCUT2D eigenvalue weighted by molar-refractivity contribution is 7.89. The lowest BCUT2D eigenvalue weighted by molar-refractivity contribution is 0.0627. The molecular formula is C25H33N3O3S. The van der Waals surface area contributed by atoms with Crippen molar-refractivity contribution in [3.63, 3.8) is 0 Å². The zero-order chi connectivity index (χ0) is 22.7. The van der Waals surface area contributed by atoms with Gasteiger partial charge in [0.25, 0.3) is 5.91 Å². The van der Waals surface area contributed by atoms with E-state index in [1.165, 1.54) is 5.56 Å². The van der Waals surface area contributed by atoms with Crippen LogP contribution in [0, 0.1) is 6.92 Å². The molecular weight excluding hydrogens is 422 g/mol. The Balaban J connectivity index is 1.46. The molecule has 0 aromatic heterocycles. The van der Waals surface area contributed by atoms with Crippen LogP contribution in [0.3, 0.4) is 0 Å². The van der Waals surface area contributed by atoms with Gasteiger partial charge >= 0.3 is 0 Å². The van der Waals surface area contributed by atoms with Crippen molar-refractivity contribution < 1.29 is 13.2 Å². The van der Waals surface area contributed by atoms with E-state index in [1.807, 2.05) is 36.9 Å². The number of aryl methyl sites for hydroxylation is 1. The van der Waals surface area contributed by atoms with Crippen molar-refractivity contribution in [2.75, 3.05) is 32.7 Å². The van der Waals surface area contributed by atoms with Crippen LogP contribution in [0.4, 0.5) is 0 Å². The van der Waals surface area contributed by atoms with E-state index in [1.54, 1.807) is 22.5 Å². The molecule has 0 aliphatic carbocycles. The van der Waals surface area contributed by atoms with Crippen LogP contribution in [-0.2, 0) is 16.6 Å². The van der Waals surface area contributed by atoms with Crippen LogP contribution >= 0.6 is 0 Å². The predicted octanol–water partition coefficient (Wildman–Crippen LogP) is 3.52. The van der Waals surface area contributed by atoms with Gasteiger partial charge in [-0.3, -0.25) is 9.69 Å². The average molecular weight is 456 g/mol. The number of nitrogens with zero attached hydrogens (tertiary/aromatic N) is 3. The molecule has 2 aliphatic rings. The summed E-state index contributed by atoms with van der Waals surface area (Å²) in [6, 6.07) is 15.3. The first-order valence-corrected chi connectivity index (χ1v) is 13.0. The fourth-order valence-corrected chi connectivity index (χ4v) is 6.40. The predicted molar refractivity (Wildman–Crippen MR) is 126 cm³/mol. The topological polar surface area (TPSA) is 60.9 Å². The van der Waals surface area contributed by atoms with Gasteiger partial charge in [-0.2, -0.15) is 4.31 Å². The molecule has 0 saturated carbocycles. The summed E-state index contributed by atoms with van der Waals surface area (Å²) in [5.74, 6) is -0.0781. The Morgan fingerprint density at radius 3 is 2.38 bits per heavy atom. The highest BCUT2D eigenvalue weighted by Gasteiger charge is 2.32. The number of rotatable bonds is 5. The van der Waals surface area contributed by atoms with Crippen LogP contribution in [0.1, 0.15) is 47.7 Å². The molecule has 1 unspecified atom stereocenters. The van der Waals surface area contributed by atoms with Gasteiger partial charge in [-0.05, 0) is 49.9 Å². The van der Waals surface area contributed by atoms with E-state index in [9.17, 15) is 13.2 Å². The summed E-state index contributed by atoms with van der Waals surface area (Å²) in [6.45, 7) is 8.17. The highest BCUT2D eigenvalue weighted by atomic mass is 32.2. The maximum absolute atomic E-state index is 13.3. The summed E-state index contributed by atoms with van der Waals surface area (Å²) in [5.41, 5.74) is 2.58. The minimum Gasteiger partial charge on any atom is -0.336 e. The van der Waals surface area contributed by atoms with Gasteiger partial charge in [-0.1, -0.05) is 42.8 Å². The van der Waals surface area contributed by atoms with E-state index in [4.69, 9.17) is 0 Å². The van der Waals surface area contributed by atoms with Crippen molar-refractivity contribution in [3.05, 3.63) is 65.2 Å². The molecule has 1 amide bonds. The molecule has 4 rings (SSSR count). The van der Waals surface area contributed by atoms with Crippen molar-refractivity contribution in [2.24, 2.45) is 0 Å². The van der Waals surface area contributed by atoms with E-state index in [2.05, 4.69) is 17.0 Å². The zero-order valence-electron chi connectivity index (χ0n) is 19.0. The number of sulfonamides is 1. The molecule has 0 spiro atoms. The Hall–Kier alpha value is -2.22. The monoisotopic (exact) mass is 455 g/mol. The van der Waals surface area contributed by atoms with Gasteiger partial charge in [0.15, 0.2) is 0 Å². The lowest BCUT2D eigenvalue weighted by Gasteiger charge is -2.35. The van der Waals surface area contributed by atoms with Crippen LogP contribution in [0.15, 0.2) is 53.4 Å². The summed E-state index contributed by atoms with van der Waals surface area (Å²) < 4.78 is 28.1. The molecule has 2 heterocycles. The van der Waals surface area contributed by atoms with E-state index in [-0.39, 0.29) is 16.8 Å². The SMILES string of the molecule is Cc1ccc(S(=O)(=O)N2CCCCC2C)cc1C(=O)N1CCN(Cc2ccccc2)CC1. The molecule has 0 bridgehead atoms. The van der Waals surface area contributed by atoms with Crippen molar-refractivity contribution in [1.82, 2.24) is 14.1 Å². The van der Waals surface area contributed by atoms with E-state index < -0.39 is 10.0 Å². The van der Waals surface area contributed by atoms with E-state index in [0.717, 1.165) is 44.5 Å². The lowest BCUT2D eigenvalue weighted by atomic mass is 10.1. The molecule has 7 heteroatoms. The quantitative estimate of drug-likeness (QED) is 0.692. The Morgan fingerprint density at radius 2 is 1.69 bits per heavy atom. The number of piperidine rings is 1. The van der Waals surface area contributed by atoms with Gasteiger partial charge in [0.2, 0.25) is 10.0 Å². The molecule has 32 heavy (non-hydrogen) atoms. The Morgan fingerprint density at radius 1 is 0.969 bits per heavy atom. The molecule has 2 fully saturated rings. The van der Waals surface area contributed by atoms with Crippen molar-refractivity contribution >= 4 is 15.9 Å². The largest absolute Gasteiger partial charge is 0.336 e. The normalized spacial score (nSPS) is 20.9. The summed E-state index contributed by atoms with van der Waals surface area (Å²) in [5, 5.41) is 0. The fraction of sp³-hybridized carbons (Fsp3) is 0.480. The smallest absolute Gasteiger partial charge is 0.254 e. The molecule has 1 atom stereocenters. The van der Waals surface area contributed by atoms with Gasteiger partial charge in [0.05, 0.1) is 4.90 Å². The van der Waals surface area contributed by atoms with Gasteiger partial charge in [-0.25, -0.2) is 8.42 Å². The number of amides is 1. The van der Waals surface area contributed by atoms with Crippen LogP contribution in [0.25, 0.3) is 0 Å². The molecule has 2 saturated heterocycles. The second kappa shape index (κ2) is 9.73. The standard InChI is InChI=1S/C25H33N3O3S/c1-20-11-12-23(32(30,31)28-13-7-6-8-21(28)2)18-24(20)25(29)27-16-14-26(15-17-27)19-22-9-4-3-5-10-22/h3-5,9-12,18,21H,6-8,13-17,19H2,1-2H3.